The third-order valence-corrected chi connectivity index (χ3v) is 4.58. The SMILES string of the molecule is CN(Cc1cnn(-c2ccccc2)n1)C(=O)CCC1CCNCC1. The Hall–Kier alpha value is -2.21. The number of nitrogens with zero attached hydrogens (tertiary/aromatic N) is 4. The van der Waals surface area contributed by atoms with Gasteiger partial charge in [0.05, 0.1) is 18.4 Å². The summed E-state index contributed by atoms with van der Waals surface area (Å²) in [4.78, 5) is 15.7. The molecule has 6 nitrogen and oxygen atoms in total. The molecule has 2 heterocycles. The summed E-state index contributed by atoms with van der Waals surface area (Å²) in [5, 5.41) is 12.1. The Balaban J connectivity index is 1.50. The highest BCUT2D eigenvalue weighted by Gasteiger charge is 2.17. The molecule has 1 aromatic carbocycles. The van der Waals surface area contributed by atoms with Crippen molar-refractivity contribution in [1.82, 2.24) is 25.2 Å². The quantitative estimate of drug-likeness (QED) is 0.881. The number of para-hydroxylation sites is 1. The van der Waals surface area contributed by atoms with Crippen molar-refractivity contribution in [2.45, 2.75) is 32.2 Å². The first-order chi connectivity index (χ1) is 11.7. The molecule has 1 aliphatic rings. The Morgan fingerprint density at radius 3 is 2.79 bits per heavy atom. The molecule has 1 amide bonds. The fourth-order valence-corrected chi connectivity index (χ4v) is 3.07. The molecule has 3 rings (SSSR count). The van der Waals surface area contributed by atoms with E-state index in [4.69, 9.17) is 0 Å². The first-order valence-electron chi connectivity index (χ1n) is 8.63. The van der Waals surface area contributed by atoms with Gasteiger partial charge >= 0.3 is 0 Å². The van der Waals surface area contributed by atoms with Crippen LogP contribution < -0.4 is 5.32 Å². The lowest BCUT2D eigenvalue weighted by atomic mass is 9.93. The average Bonchev–Trinajstić information content (AvgIpc) is 3.10. The molecular formula is C18H25N5O. The van der Waals surface area contributed by atoms with Crippen LogP contribution in [0.4, 0.5) is 0 Å². The summed E-state index contributed by atoms with van der Waals surface area (Å²) < 4.78 is 0. The van der Waals surface area contributed by atoms with Gasteiger partial charge in [0.2, 0.25) is 5.91 Å². The molecule has 1 aliphatic heterocycles. The number of aromatic nitrogens is 3. The maximum atomic E-state index is 12.3. The van der Waals surface area contributed by atoms with Crippen molar-refractivity contribution < 1.29 is 4.79 Å². The second kappa shape index (κ2) is 8.06. The zero-order chi connectivity index (χ0) is 16.8. The molecule has 128 valence electrons. The van der Waals surface area contributed by atoms with E-state index < -0.39 is 0 Å². The van der Waals surface area contributed by atoms with E-state index in [0.29, 0.717) is 18.9 Å². The Morgan fingerprint density at radius 2 is 2.04 bits per heavy atom. The summed E-state index contributed by atoms with van der Waals surface area (Å²) in [5.41, 5.74) is 1.72. The second-order valence-electron chi connectivity index (χ2n) is 6.44. The topological polar surface area (TPSA) is 63.1 Å². The molecule has 6 heteroatoms. The zero-order valence-corrected chi connectivity index (χ0v) is 14.2. The largest absolute Gasteiger partial charge is 0.340 e. The van der Waals surface area contributed by atoms with Crippen LogP contribution in [0, 0.1) is 5.92 Å². The van der Waals surface area contributed by atoms with E-state index >= 15 is 0 Å². The van der Waals surface area contributed by atoms with Gasteiger partial charge in [-0.3, -0.25) is 4.79 Å². The Labute approximate surface area is 142 Å². The summed E-state index contributed by atoms with van der Waals surface area (Å²) >= 11 is 0. The van der Waals surface area contributed by atoms with E-state index in [2.05, 4.69) is 15.5 Å². The summed E-state index contributed by atoms with van der Waals surface area (Å²) in [5.74, 6) is 0.866. The molecule has 0 spiro atoms. The number of carbonyl (C=O) groups is 1. The van der Waals surface area contributed by atoms with E-state index in [1.54, 1.807) is 15.9 Å². The molecule has 1 aromatic heterocycles. The normalized spacial score (nSPS) is 15.4. The van der Waals surface area contributed by atoms with E-state index in [0.717, 1.165) is 30.9 Å². The minimum atomic E-state index is 0.183. The molecule has 24 heavy (non-hydrogen) atoms. The molecule has 0 aliphatic carbocycles. The van der Waals surface area contributed by atoms with Crippen LogP contribution in [-0.4, -0.2) is 45.9 Å². The van der Waals surface area contributed by atoms with Crippen molar-refractivity contribution in [3.05, 3.63) is 42.2 Å². The molecule has 1 N–H and O–H groups in total. The smallest absolute Gasteiger partial charge is 0.222 e. The predicted molar refractivity (Wildman–Crippen MR) is 92.7 cm³/mol. The van der Waals surface area contributed by atoms with Crippen LogP contribution in [0.2, 0.25) is 0 Å². The van der Waals surface area contributed by atoms with Crippen molar-refractivity contribution in [3.63, 3.8) is 0 Å². The summed E-state index contributed by atoms with van der Waals surface area (Å²) in [6.45, 7) is 2.66. The molecule has 0 radical (unpaired) electrons. The molecular weight excluding hydrogens is 302 g/mol. The van der Waals surface area contributed by atoms with E-state index in [9.17, 15) is 4.79 Å². The highest BCUT2D eigenvalue weighted by atomic mass is 16.2. The second-order valence-corrected chi connectivity index (χ2v) is 6.44. The van der Waals surface area contributed by atoms with Crippen molar-refractivity contribution in [2.75, 3.05) is 20.1 Å². The van der Waals surface area contributed by atoms with Crippen LogP contribution >= 0.6 is 0 Å². The predicted octanol–water partition coefficient (Wildman–Crippen LogP) is 2.01. The number of hydrogen-bond donors (Lipinski definition) is 1. The molecule has 0 atom stereocenters. The van der Waals surface area contributed by atoms with E-state index in [-0.39, 0.29) is 5.91 Å². The van der Waals surface area contributed by atoms with Crippen LogP contribution in [0.25, 0.3) is 5.69 Å². The van der Waals surface area contributed by atoms with Crippen molar-refractivity contribution in [3.8, 4) is 5.69 Å². The Morgan fingerprint density at radius 1 is 1.29 bits per heavy atom. The van der Waals surface area contributed by atoms with Gasteiger partial charge in [0.1, 0.15) is 5.69 Å². The van der Waals surface area contributed by atoms with Crippen LogP contribution in [0.5, 0.6) is 0 Å². The first-order valence-corrected chi connectivity index (χ1v) is 8.63. The number of rotatable bonds is 6. The molecule has 0 unspecified atom stereocenters. The van der Waals surface area contributed by atoms with Gasteiger partial charge in [-0.05, 0) is 50.4 Å². The number of benzene rings is 1. The number of carbonyl (C=O) groups excluding carboxylic acids is 1. The van der Waals surface area contributed by atoms with Crippen molar-refractivity contribution in [1.29, 1.82) is 0 Å². The molecule has 0 bridgehead atoms. The van der Waals surface area contributed by atoms with Crippen molar-refractivity contribution in [2.24, 2.45) is 5.92 Å². The lowest BCUT2D eigenvalue weighted by molar-refractivity contribution is -0.130. The highest BCUT2D eigenvalue weighted by Crippen LogP contribution is 2.18. The zero-order valence-electron chi connectivity index (χ0n) is 14.2. The van der Waals surface area contributed by atoms with Gasteiger partial charge in [0, 0.05) is 13.5 Å². The minimum absolute atomic E-state index is 0.183. The van der Waals surface area contributed by atoms with Gasteiger partial charge in [-0.25, -0.2) is 0 Å². The third-order valence-electron chi connectivity index (χ3n) is 4.58. The average molecular weight is 327 g/mol. The fourth-order valence-electron chi connectivity index (χ4n) is 3.07. The molecule has 1 saturated heterocycles. The molecule has 1 fully saturated rings. The number of amides is 1. The van der Waals surface area contributed by atoms with Crippen LogP contribution in [0.3, 0.4) is 0 Å². The van der Waals surface area contributed by atoms with Crippen molar-refractivity contribution >= 4 is 5.91 Å². The number of piperidine rings is 1. The first kappa shape index (κ1) is 16.6. The maximum absolute atomic E-state index is 12.3. The Bertz CT molecular complexity index is 648. The lowest BCUT2D eigenvalue weighted by Gasteiger charge is -2.23. The maximum Gasteiger partial charge on any atom is 0.222 e. The van der Waals surface area contributed by atoms with Crippen LogP contribution in [-0.2, 0) is 11.3 Å². The monoisotopic (exact) mass is 327 g/mol. The van der Waals surface area contributed by atoms with Gasteiger partial charge in [-0.1, -0.05) is 18.2 Å². The highest BCUT2D eigenvalue weighted by molar-refractivity contribution is 5.75. The third kappa shape index (κ3) is 4.41. The summed E-state index contributed by atoms with van der Waals surface area (Å²) in [7, 11) is 1.84. The number of nitrogens with one attached hydrogen (secondary N) is 1. The van der Waals surface area contributed by atoms with Gasteiger partial charge in [0.15, 0.2) is 0 Å². The van der Waals surface area contributed by atoms with Crippen LogP contribution in [0.1, 0.15) is 31.4 Å². The van der Waals surface area contributed by atoms with Gasteiger partial charge in [-0.2, -0.15) is 15.0 Å². The Kier molecular flexibility index (Phi) is 5.59. The lowest BCUT2D eigenvalue weighted by Crippen LogP contribution is -2.30. The van der Waals surface area contributed by atoms with E-state index in [1.165, 1.54) is 12.8 Å². The standard InChI is InChI=1S/C18H25N5O/c1-22(18(24)8-7-15-9-11-19-12-10-15)14-16-13-20-23(21-16)17-5-3-2-4-6-17/h2-6,13,15,19H,7-12,14H2,1H3. The number of hydrogen-bond acceptors (Lipinski definition) is 4. The van der Waals surface area contributed by atoms with Gasteiger partial charge < -0.3 is 10.2 Å². The molecule has 0 saturated carbocycles. The van der Waals surface area contributed by atoms with E-state index in [1.807, 2.05) is 37.4 Å². The fraction of sp³-hybridized carbons (Fsp3) is 0.500. The van der Waals surface area contributed by atoms with Gasteiger partial charge in [0.25, 0.3) is 0 Å². The van der Waals surface area contributed by atoms with Crippen LogP contribution in [0.15, 0.2) is 36.5 Å². The summed E-state index contributed by atoms with van der Waals surface area (Å²) in [6.07, 6.45) is 5.70. The van der Waals surface area contributed by atoms with Gasteiger partial charge in [-0.15, -0.1) is 0 Å². The minimum Gasteiger partial charge on any atom is -0.340 e. The molecule has 2 aromatic rings. The summed E-state index contributed by atoms with van der Waals surface area (Å²) in [6, 6.07) is 9.78.